The molecule has 0 saturated carbocycles. The fourth-order valence-electron chi connectivity index (χ4n) is 1.79. The third kappa shape index (κ3) is 5.44. The van der Waals surface area contributed by atoms with Crippen LogP contribution in [0.5, 0.6) is 5.75 Å². The summed E-state index contributed by atoms with van der Waals surface area (Å²) in [6, 6.07) is 11.8. The third-order valence-electron chi connectivity index (χ3n) is 3.00. The van der Waals surface area contributed by atoms with E-state index < -0.39 is 18.5 Å². The molecule has 0 aliphatic carbocycles. The molecular formula is C17H15Cl2NO4. The molecule has 0 aliphatic heterocycles. The van der Waals surface area contributed by atoms with E-state index >= 15 is 0 Å². The van der Waals surface area contributed by atoms with Crippen molar-refractivity contribution < 1.29 is 19.1 Å². The summed E-state index contributed by atoms with van der Waals surface area (Å²) in [5, 5.41) is 3.56. The van der Waals surface area contributed by atoms with Gasteiger partial charge in [-0.2, -0.15) is 0 Å². The quantitative estimate of drug-likeness (QED) is 0.787. The van der Waals surface area contributed by atoms with Gasteiger partial charge < -0.3 is 14.8 Å². The van der Waals surface area contributed by atoms with Crippen molar-refractivity contribution in [2.75, 3.05) is 18.5 Å². The van der Waals surface area contributed by atoms with Crippen LogP contribution in [0.15, 0.2) is 42.5 Å². The standard InChI is InChI=1S/C17H15Cl2NO4/c1-11-8-12(6-7-13(11)18)23-10-17(22)24-9-16(21)20-15-5-3-2-4-14(15)19/h2-8H,9-10H2,1H3,(H,20,21). The molecule has 0 unspecified atom stereocenters. The molecule has 2 aromatic rings. The van der Waals surface area contributed by atoms with E-state index in [1.165, 1.54) is 0 Å². The Morgan fingerprint density at radius 2 is 1.79 bits per heavy atom. The highest BCUT2D eigenvalue weighted by Gasteiger charge is 2.10. The first-order valence-corrected chi connectivity index (χ1v) is 7.80. The van der Waals surface area contributed by atoms with Crippen LogP contribution in [-0.4, -0.2) is 25.1 Å². The van der Waals surface area contributed by atoms with Crippen LogP contribution in [0.2, 0.25) is 10.0 Å². The average molecular weight is 368 g/mol. The normalized spacial score (nSPS) is 10.1. The number of esters is 1. The maximum absolute atomic E-state index is 11.7. The van der Waals surface area contributed by atoms with E-state index in [9.17, 15) is 9.59 Å². The van der Waals surface area contributed by atoms with Gasteiger partial charge in [0, 0.05) is 5.02 Å². The van der Waals surface area contributed by atoms with Crippen LogP contribution in [0.1, 0.15) is 5.56 Å². The van der Waals surface area contributed by atoms with Crippen LogP contribution < -0.4 is 10.1 Å². The topological polar surface area (TPSA) is 64.6 Å². The maximum atomic E-state index is 11.7. The number of carbonyl (C=O) groups excluding carboxylic acids is 2. The first-order chi connectivity index (χ1) is 11.5. The summed E-state index contributed by atoms with van der Waals surface area (Å²) in [7, 11) is 0. The second-order valence-electron chi connectivity index (χ2n) is 4.89. The second-order valence-corrected chi connectivity index (χ2v) is 5.70. The number of carbonyl (C=O) groups is 2. The summed E-state index contributed by atoms with van der Waals surface area (Å²) in [5.41, 5.74) is 1.29. The number of ether oxygens (including phenoxy) is 2. The van der Waals surface area contributed by atoms with Gasteiger partial charge in [-0.05, 0) is 42.8 Å². The van der Waals surface area contributed by atoms with E-state index in [2.05, 4.69) is 5.32 Å². The van der Waals surface area contributed by atoms with E-state index in [-0.39, 0.29) is 6.61 Å². The highest BCUT2D eigenvalue weighted by Crippen LogP contribution is 2.21. The Kier molecular flexibility index (Phi) is 6.46. The van der Waals surface area contributed by atoms with Crippen LogP contribution in [0.4, 0.5) is 5.69 Å². The lowest BCUT2D eigenvalue weighted by atomic mass is 10.2. The molecule has 0 atom stereocenters. The summed E-state index contributed by atoms with van der Waals surface area (Å²) in [6.07, 6.45) is 0. The Bertz CT molecular complexity index is 749. The summed E-state index contributed by atoms with van der Waals surface area (Å²) in [5.74, 6) is -0.648. The van der Waals surface area contributed by atoms with Crippen molar-refractivity contribution in [1.29, 1.82) is 0 Å². The number of hydrogen-bond acceptors (Lipinski definition) is 4. The van der Waals surface area contributed by atoms with E-state index in [1.54, 1.807) is 42.5 Å². The molecule has 0 aromatic heterocycles. The second kappa shape index (κ2) is 8.57. The van der Waals surface area contributed by atoms with Gasteiger partial charge in [0.25, 0.3) is 5.91 Å². The molecule has 1 N–H and O–H groups in total. The Morgan fingerprint density at radius 3 is 2.50 bits per heavy atom. The molecule has 0 radical (unpaired) electrons. The molecule has 0 saturated heterocycles. The van der Waals surface area contributed by atoms with Crippen LogP contribution in [0, 0.1) is 6.92 Å². The monoisotopic (exact) mass is 367 g/mol. The molecular weight excluding hydrogens is 353 g/mol. The predicted octanol–water partition coefficient (Wildman–Crippen LogP) is 3.86. The number of para-hydroxylation sites is 1. The zero-order chi connectivity index (χ0) is 17.5. The van der Waals surface area contributed by atoms with Gasteiger partial charge in [-0.25, -0.2) is 4.79 Å². The Morgan fingerprint density at radius 1 is 1.04 bits per heavy atom. The van der Waals surface area contributed by atoms with Crippen LogP contribution in [0.3, 0.4) is 0 Å². The third-order valence-corrected chi connectivity index (χ3v) is 3.75. The van der Waals surface area contributed by atoms with E-state index in [0.717, 1.165) is 5.56 Å². The van der Waals surface area contributed by atoms with Gasteiger partial charge in [0.15, 0.2) is 13.2 Å². The lowest BCUT2D eigenvalue weighted by Gasteiger charge is -2.09. The number of benzene rings is 2. The largest absolute Gasteiger partial charge is 0.482 e. The first kappa shape index (κ1) is 18.1. The smallest absolute Gasteiger partial charge is 0.344 e. The number of aryl methyl sites for hydroxylation is 1. The van der Waals surface area contributed by atoms with Crippen LogP contribution >= 0.6 is 23.2 Å². The minimum atomic E-state index is -0.656. The molecule has 126 valence electrons. The molecule has 0 spiro atoms. The molecule has 0 heterocycles. The average Bonchev–Trinajstić information content (AvgIpc) is 2.56. The minimum Gasteiger partial charge on any atom is -0.482 e. The predicted molar refractivity (Wildman–Crippen MR) is 92.7 cm³/mol. The van der Waals surface area contributed by atoms with Crippen molar-refractivity contribution in [2.45, 2.75) is 6.92 Å². The lowest BCUT2D eigenvalue weighted by Crippen LogP contribution is -2.23. The van der Waals surface area contributed by atoms with Crippen molar-refractivity contribution in [3.8, 4) is 5.75 Å². The highest BCUT2D eigenvalue weighted by atomic mass is 35.5. The van der Waals surface area contributed by atoms with Gasteiger partial charge in [-0.1, -0.05) is 35.3 Å². The summed E-state index contributed by atoms with van der Waals surface area (Å²) in [4.78, 5) is 23.3. The van der Waals surface area contributed by atoms with E-state index in [1.807, 2.05) is 6.92 Å². The number of nitrogens with one attached hydrogen (secondary N) is 1. The van der Waals surface area contributed by atoms with Crippen molar-refractivity contribution in [2.24, 2.45) is 0 Å². The van der Waals surface area contributed by atoms with E-state index in [0.29, 0.717) is 21.5 Å². The van der Waals surface area contributed by atoms with Gasteiger partial charge in [-0.15, -0.1) is 0 Å². The summed E-state index contributed by atoms with van der Waals surface area (Å²) < 4.78 is 10.1. The number of anilines is 1. The van der Waals surface area contributed by atoms with Gasteiger partial charge in [0.2, 0.25) is 0 Å². The zero-order valence-electron chi connectivity index (χ0n) is 12.8. The molecule has 24 heavy (non-hydrogen) atoms. The number of amides is 1. The molecule has 0 bridgehead atoms. The Balaban J connectivity index is 1.75. The van der Waals surface area contributed by atoms with Crippen molar-refractivity contribution in [1.82, 2.24) is 0 Å². The molecule has 7 heteroatoms. The molecule has 2 rings (SSSR count). The van der Waals surface area contributed by atoms with Crippen molar-refractivity contribution in [3.05, 3.63) is 58.1 Å². The Hall–Kier alpha value is -2.24. The summed E-state index contributed by atoms with van der Waals surface area (Å²) >= 11 is 11.8. The summed E-state index contributed by atoms with van der Waals surface area (Å²) in [6.45, 7) is 1.10. The molecule has 0 fully saturated rings. The van der Waals surface area contributed by atoms with Gasteiger partial charge >= 0.3 is 5.97 Å². The van der Waals surface area contributed by atoms with Gasteiger partial charge in [0.05, 0.1) is 10.7 Å². The van der Waals surface area contributed by atoms with Gasteiger partial charge in [-0.3, -0.25) is 4.79 Å². The fourth-order valence-corrected chi connectivity index (χ4v) is 2.09. The van der Waals surface area contributed by atoms with Crippen LogP contribution in [0.25, 0.3) is 0 Å². The lowest BCUT2D eigenvalue weighted by molar-refractivity contribution is -0.149. The first-order valence-electron chi connectivity index (χ1n) is 7.04. The minimum absolute atomic E-state index is 0.305. The SMILES string of the molecule is Cc1cc(OCC(=O)OCC(=O)Nc2ccccc2Cl)ccc1Cl. The number of hydrogen-bond donors (Lipinski definition) is 1. The van der Waals surface area contributed by atoms with Crippen molar-refractivity contribution in [3.63, 3.8) is 0 Å². The molecule has 5 nitrogen and oxygen atoms in total. The van der Waals surface area contributed by atoms with Crippen LogP contribution in [-0.2, 0) is 14.3 Å². The van der Waals surface area contributed by atoms with Crippen molar-refractivity contribution >= 4 is 40.8 Å². The maximum Gasteiger partial charge on any atom is 0.344 e. The molecule has 1 amide bonds. The highest BCUT2D eigenvalue weighted by molar-refractivity contribution is 6.33. The Labute approximate surface area is 149 Å². The fraction of sp³-hybridized carbons (Fsp3) is 0.176. The molecule has 2 aromatic carbocycles. The number of rotatable bonds is 6. The number of halogens is 2. The zero-order valence-corrected chi connectivity index (χ0v) is 14.4. The molecule has 0 aliphatic rings. The van der Waals surface area contributed by atoms with E-state index in [4.69, 9.17) is 32.7 Å². The van der Waals surface area contributed by atoms with Gasteiger partial charge in [0.1, 0.15) is 5.75 Å².